The first-order chi connectivity index (χ1) is 29.0. The maximum absolute atomic E-state index is 12.7. The van der Waals surface area contributed by atoms with Crippen LogP contribution in [0.1, 0.15) is 265 Å². The van der Waals surface area contributed by atoms with E-state index < -0.39 is 6.10 Å². The second-order valence-corrected chi connectivity index (χ2v) is 17.1. The predicted molar refractivity (Wildman–Crippen MR) is 252 cm³/mol. The molecule has 0 aromatic heterocycles. The number of esters is 3. The number of rotatable bonds is 46. The summed E-state index contributed by atoms with van der Waals surface area (Å²) < 4.78 is 16.8. The molecule has 0 aromatic rings. The normalized spacial score (nSPS) is 12.3. The summed E-state index contributed by atoms with van der Waals surface area (Å²) >= 11 is 0. The number of carbonyl (C=O) groups excluding carboxylic acids is 3. The van der Waals surface area contributed by atoms with Gasteiger partial charge in [0.15, 0.2) is 6.10 Å². The van der Waals surface area contributed by atoms with Gasteiger partial charge < -0.3 is 14.2 Å². The first kappa shape index (κ1) is 56.6. The fraction of sp³-hybridized carbons (Fsp3) is 0.830. The number of unbranched alkanes of at least 4 members (excludes halogenated alkanes) is 29. The Bertz CT molecular complexity index is 1000. The van der Waals surface area contributed by atoms with E-state index in [0.717, 1.165) is 77.0 Å². The summed E-state index contributed by atoms with van der Waals surface area (Å²) in [4.78, 5) is 37.9. The van der Waals surface area contributed by atoms with Crippen LogP contribution >= 0.6 is 0 Å². The molecule has 0 radical (unpaired) electrons. The van der Waals surface area contributed by atoms with Gasteiger partial charge in [-0.05, 0) is 77.0 Å². The fourth-order valence-electron chi connectivity index (χ4n) is 7.23. The van der Waals surface area contributed by atoms with Gasteiger partial charge in [0.2, 0.25) is 0 Å². The van der Waals surface area contributed by atoms with Crippen molar-refractivity contribution in [2.75, 3.05) is 13.2 Å². The first-order valence-corrected chi connectivity index (χ1v) is 25.5. The zero-order valence-electron chi connectivity index (χ0n) is 39.3. The van der Waals surface area contributed by atoms with Crippen LogP contribution in [0.3, 0.4) is 0 Å². The van der Waals surface area contributed by atoms with Crippen LogP contribution in [0.25, 0.3) is 0 Å². The third-order valence-corrected chi connectivity index (χ3v) is 11.1. The van der Waals surface area contributed by atoms with Crippen LogP contribution in [0.15, 0.2) is 36.5 Å². The van der Waals surface area contributed by atoms with Gasteiger partial charge >= 0.3 is 17.9 Å². The van der Waals surface area contributed by atoms with Crippen LogP contribution in [0.2, 0.25) is 0 Å². The lowest BCUT2D eigenvalue weighted by Crippen LogP contribution is -2.30. The van der Waals surface area contributed by atoms with E-state index in [0.29, 0.717) is 19.3 Å². The second-order valence-electron chi connectivity index (χ2n) is 17.1. The molecule has 6 nitrogen and oxygen atoms in total. The molecular weight excluding hydrogens is 733 g/mol. The molecule has 0 rings (SSSR count). The lowest BCUT2D eigenvalue weighted by atomic mass is 10.1. The quantitative estimate of drug-likeness (QED) is 0.0263. The van der Waals surface area contributed by atoms with Gasteiger partial charge in [0, 0.05) is 19.3 Å². The smallest absolute Gasteiger partial charge is 0.306 e. The molecule has 0 amide bonds. The van der Waals surface area contributed by atoms with Crippen LogP contribution in [-0.4, -0.2) is 37.2 Å². The Labute approximate surface area is 365 Å². The summed E-state index contributed by atoms with van der Waals surface area (Å²) in [6.07, 6.45) is 55.5. The van der Waals surface area contributed by atoms with Gasteiger partial charge in [0.25, 0.3) is 0 Å². The Kier molecular flexibility index (Phi) is 46.4. The number of carbonyl (C=O) groups is 3. The van der Waals surface area contributed by atoms with Gasteiger partial charge in [-0.1, -0.05) is 205 Å². The third-order valence-electron chi connectivity index (χ3n) is 11.1. The molecule has 0 N–H and O–H groups in total. The van der Waals surface area contributed by atoms with Gasteiger partial charge in [-0.3, -0.25) is 14.4 Å². The molecular formula is C53H96O6. The molecule has 0 unspecified atom stereocenters. The van der Waals surface area contributed by atoms with Crippen LogP contribution < -0.4 is 0 Å². The number of ether oxygens (including phenoxy) is 3. The second kappa shape index (κ2) is 48.3. The fourth-order valence-corrected chi connectivity index (χ4v) is 7.23. The van der Waals surface area contributed by atoms with E-state index in [1.54, 1.807) is 0 Å². The molecule has 0 saturated carbocycles. The monoisotopic (exact) mass is 829 g/mol. The van der Waals surface area contributed by atoms with E-state index in [2.05, 4.69) is 57.2 Å². The highest BCUT2D eigenvalue weighted by molar-refractivity contribution is 5.71. The summed E-state index contributed by atoms with van der Waals surface area (Å²) in [7, 11) is 0. The molecule has 1 atom stereocenters. The zero-order chi connectivity index (χ0) is 43.0. The summed E-state index contributed by atoms with van der Waals surface area (Å²) in [5.41, 5.74) is 0. The molecule has 0 aromatic carbocycles. The Morgan fingerprint density at radius 2 is 0.610 bits per heavy atom. The topological polar surface area (TPSA) is 78.9 Å². The number of hydrogen-bond acceptors (Lipinski definition) is 6. The van der Waals surface area contributed by atoms with Crippen LogP contribution in [0, 0.1) is 0 Å². The molecule has 0 aliphatic heterocycles. The largest absolute Gasteiger partial charge is 0.462 e. The Morgan fingerprint density at radius 1 is 0.339 bits per heavy atom. The summed E-state index contributed by atoms with van der Waals surface area (Å²) in [5.74, 6) is -0.887. The first-order valence-electron chi connectivity index (χ1n) is 25.5. The lowest BCUT2D eigenvalue weighted by molar-refractivity contribution is -0.167. The van der Waals surface area contributed by atoms with Crippen molar-refractivity contribution in [1.82, 2.24) is 0 Å². The lowest BCUT2D eigenvalue weighted by Gasteiger charge is -2.18. The predicted octanol–water partition coefficient (Wildman–Crippen LogP) is 16.5. The standard InChI is InChI=1S/C53H96O6/c1-4-7-10-13-16-19-22-24-26-28-31-33-36-39-42-45-51(54)57-48-50(59-53(56)47-44-41-38-35-30-21-18-15-12-9-6-3)49-58-52(55)46-43-40-37-34-32-29-27-25-23-20-17-14-11-8-5-2/h16,19-20,23-24,26,50H,4-15,17-18,21-22,25,27-49H2,1-3H3/t50-/m0/s1. The SMILES string of the molecule is CCCCCC=CCC=CCCCCCCCC(=O)OC[C@@H](COC(=O)CCCCCCCCCC=CCCCCCC)OC(=O)CCCCCCCCCCCCC. The zero-order valence-corrected chi connectivity index (χ0v) is 39.3. The maximum atomic E-state index is 12.7. The molecule has 0 saturated heterocycles. The van der Waals surface area contributed by atoms with Crippen molar-refractivity contribution in [3.8, 4) is 0 Å². The Balaban J connectivity index is 4.36. The molecule has 344 valence electrons. The van der Waals surface area contributed by atoms with Crippen molar-refractivity contribution in [3.63, 3.8) is 0 Å². The Morgan fingerprint density at radius 3 is 1.00 bits per heavy atom. The highest BCUT2D eigenvalue weighted by Crippen LogP contribution is 2.15. The van der Waals surface area contributed by atoms with Gasteiger partial charge in [0.1, 0.15) is 13.2 Å². The summed E-state index contributed by atoms with van der Waals surface area (Å²) in [6, 6.07) is 0. The maximum Gasteiger partial charge on any atom is 0.306 e. The van der Waals surface area contributed by atoms with Gasteiger partial charge in [0.05, 0.1) is 0 Å². The minimum Gasteiger partial charge on any atom is -0.462 e. The average Bonchev–Trinajstić information content (AvgIpc) is 3.23. The highest BCUT2D eigenvalue weighted by Gasteiger charge is 2.19. The minimum atomic E-state index is -0.774. The number of hydrogen-bond donors (Lipinski definition) is 0. The van der Waals surface area contributed by atoms with Gasteiger partial charge in [-0.25, -0.2) is 0 Å². The molecule has 0 fully saturated rings. The van der Waals surface area contributed by atoms with E-state index in [1.165, 1.54) is 148 Å². The van der Waals surface area contributed by atoms with E-state index in [1.807, 2.05) is 0 Å². The van der Waals surface area contributed by atoms with Crippen LogP contribution in [-0.2, 0) is 28.6 Å². The Hall–Kier alpha value is -2.37. The number of allylic oxidation sites excluding steroid dienone is 6. The van der Waals surface area contributed by atoms with Crippen molar-refractivity contribution >= 4 is 17.9 Å². The molecule has 0 aliphatic rings. The van der Waals surface area contributed by atoms with Gasteiger partial charge in [-0.2, -0.15) is 0 Å². The van der Waals surface area contributed by atoms with E-state index >= 15 is 0 Å². The van der Waals surface area contributed by atoms with E-state index in [4.69, 9.17) is 14.2 Å². The molecule has 0 heterocycles. The summed E-state index contributed by atoms with van der Waals surface area (Å²) in [6.45, 7) is 6.59. The molecule has 0 spiro atoms. The third kappa shape index (κ3) is 46.5. The molecule has 0 aliphatic carbocycles. The van der Waals surface area contributed by atoms with Gasteiger partial charge in [-0.15, -0.1) is 0 Å². The van der Waals surface area contributed by atoms with Crippen molar-refractivity contribution in [3.05, 3.63) is 36.5 Å². The minimum absolute atomic E-state index is 0.0764. The van der Waals surface area contributed by atoms with E-state index in [-0.39, 0.29) is 31.1 Å². The van der Waals surface area contributed by atoms with Crippen molar-refractivity contribution in [2.45, 2.75) is 271 Å². The highest BCUT2D eigenvalue weighted by atomic mass is 16.6. The van der Waals surface area contributed by atoms with E-state index in [9.17, 15) is 14.4 Å². The van der Waals surface area contributed by atoms with Crippen molar-refractivity contribution in [1.29, 1.82) is 0 Å². The van der Waals surface area contributed by atoms with Crippen molar-refractivity contribution < 1.29 is 28.6 Å². The average molecular weight is 829 g/mol. The summed E-state index contributed by atoms with van der Waals surface area (Å²) in [5, 5.41) is 0. The molecule has 59 heavy (non-hydrogen) atoms. The molecule has 6 heteroatoms. The van der Waals surface area contributed by atoms with Crippen molar-refractivity contribution in [2.24, 2.45) is 0 Å². The molecule has 0 bridgehead atoms. The van der Waals surface area contributed by atoms with Crippen LogP contribution in [0.5, 0.6) is 0 Å². The van der Waals surface area contributed by atoms with Crippen LogP contribution in [0.4, 0.5) is 0 Å².